The largest absolute Gasteiger partial charge is 0.0622 e. The molecular formula is C16H15I. The van der Waals surface area contributed by atoms with Crippen LogP contribution in [-0.4, -0.2) is 0 Å². The van der Waals surface area contributed by atoms with Gasteiger partial charge in [0.2, 0.25) is 0 Å². The smallest absolute Gasteiger partial charge is 0.00214 e. The topological polar surface area (TPSA) is 0 Å². The number of aryl methyl sites for hydroxylation is 1. The molecule has 0 radical (unpaired) electrons. The molecule has 0 atom stereocenters. The fourth-order valence-electron chi connectivity index (χ4n) is 1.89. The van der Waals surface area contributed by atoms with Crippen molar-refractivity contribution in [2.24, 2.45) is 0 Å². The van der Waals surface area contributed by atoms with E-state index in [0.29, 0.717) is 0 Å². The molecule has 0 aromatic heterocycles. The minimum atomic E-state index is 1.28. The molecule has 0 nitrogen and oxygen atoms in total. The van der Waals surface area contributed by atoms with Gasteiger partial charge in [-0.25, -0.2) is 0 Å². The van der Waals surface area contributed by atoms with Gasteiger partial charge in [0.1, 0.15) is 0 Å². The van der Waals surface area contributed by atoms with E-state index in [1.807, 2.05) is 0 Å². The Bertz CT molecular complexity index is 517. The van der Waals surface area contributed by atoms with Crippen LogP contribution in [0.5, 0.6) is 0 Å². The van der Waals surface area contributed by atoms with E-state index in [1.54, 1.807) is 0 Å². The predicted octanol–water partition coefficient (Wildman–Crippen LogP) is 5.21. The molecule has 86 valence electrons. The van der Waals surface area contributed by atoms with E-state index < -0.39 is 0 Å². The van der Waals surface area contributed by atoms with Crippen LogP contribution in [-0.2, 0) is 0 Å². The average molecular weight is 334 g/mol. The number of benzene rings is 2. The molecule has 0 saturated heterocycles. The maximum Gasteiger partial charge on any atom is -0.00214 e. The predicted molar refractivity (Wildman–Crippen MR) is 83.3 cm³/mol. The maximum atomic E-state index is 2.40. The molecule has 0 spiro atoms. The summed E-state index contributed by atoms with van der Waals surface area (Å²) < 4.78 is 1.32. The fourth-order valence-corrected chi connectivity index (χ4v) is 2.51. The highest BCUT2D eigenvalue weighted by molar-refractivity contribution is 14.1. The Morgan fingerprint density at radius 2 is 1.35 bits per heavy atom. The van der Waals surface area contributed by atoms with Gasteiger partial charge in [0.25, 0.3) is 0 Å². The normalized spacial score (nSPS) is 12.2. The van der Waals surface area contributed by atoms with Gasteiger partial charge in [0, 0.05) is 0 Å². The van der Waals surface area contributed by atoms with E-state index in [1.165, 1.54) is 25.8 Å². The zero-order valence-corrected chi connectivity index (χ0v) is 12.2. The Labute approximate surface area is 117 Å². The highest BCUT2D eigenvalue weighted by atomic mass is 127. The third-order valence-electron chi connectivity index (χ3n) is 2.75. The Morgan fingerprint density at radius 1 is 0.824 bits per heavy atom. The van der Waals surface area contributed by atoms with E-state index in [4.69, 9.17) is 0 Å². The van der Waals surface area contributed by atoms with Gasteiger partial charge in [-0.1, -0.05) is 60.2 Å². The molecule has 0 bridgehead atoms. The molecule has 0 amide bonds. The van der Waals surface area contributed by atoms with Crippen LogP contribution in [0.2, 0.25) is 0 Å². The summed E-state index contributed by atoms with van der Waals surface area (Å²) in [5, 5.41) is 0. The van der Waals surface area contributed by atoms with Gasteiger partial charge in [-0.3, -0.25) is 0 Å². The van der Waals surface area contributed by atoms with Crippen molar-refractivity contribution < 1.29 is 0 Å². The number of hydrogen-bond acceptors (Lipinski definition) is 0. The van der Waals surface area contributed by atoms with E-state index in [9.17, 15) is 0 Å². The molecule has 1 heteroatoms. The Kier molecular flexibility index (Phi) is 4.00. The van der Waals surface area contributed by atoms with Gasteiger partial charge in [-0.05, 0) is 56.7 Å². The van der Waals surface area contributed by atoms with E-state index in [2.05, 4.69) is 91.0 Å². The van der Waals surface area contributed by atoms with Gasteiger partial charge >= 0.3 is 0 Å². The molecule has 2 rings (SSSR count). The first-order valence-electron chi connectivity index (χ1n) is 5.67. The van der Waals surface area contributed by atoms with Crippen LogP contribution in [0.15, 0.2) is 58.2 Å². The third kappa shape index (κ3) is 2.97. The summed E-state index contributed by atoms with van der Waals surface area (Å²) in [6.45, 7) is 4.27. The minimum Gasteiger partial charge on any atom is -0.0622 e. The van der Waals surface area contributed by atoms with Gasteiger partial charge in [0.15, 0.2) is 0 Å². The van der Waals surface area contributed by atoms with Crippen LogP contribution >= 0.6 is 22.6 Å². The molecule has 0 aliphatic heterocycles. The van der Waals surface area contributed by atoms with Gasteiger partial charge < -0.3 is 0 Å². The summed E-state index contributed by atoms with van der Waals surface area (Å²) >= 11 is 2.40. The number of allylic oxidation sites excluding steroid dienone is 1. The number of halogens is 1. The second-order valence-electron chi connectivity index (χ2n) is 4.14. The van der Waals surface area contributed by atoms with Crippen LogP contribution in [0, 0.1) is 6.92 Å². The molecule has 2 aromatic rings. The summed E-state index contributed by atoms with van der Waals surface area (Å²) in [5.74, 6) is 0. The second kappa shape index (κ2) is 5.50. The maximum absolute atomic E-state index is 2.40. The van der Waals surface area contributed by atoms with E-state index in [-0.39, 0.29) is 0 Å². The third-order valence-corrected chi connectivity index (χ3v) is 3.29. The quantitative estimate of drug-likeness (QED) is 0.662. The molecule has 2 aromatic carbocycles. The fraction of sp³-hybridized carbons (Fsp3) is 0.125. The van der Waals surface area contributed by atoms with Gasteiger partial charge in [0.05, 0.1) is 0 Å². The monoisotopic (exact) mass is 334 g/mol. The van der Waals surface area contributed by atoms with Crippen LogP contribution in [0.4, 0.5) is 0 Å². The van der Waals surface area contributed by atoms with Crippen LogP contribution in [0.3, 0.4) is 0 Å². The molecule has 0 aliphatic carbocycles. The molecule has 0 aliphatic rings. The summed E-state index contributed by atoms with van der Waals surface area (Å²) in [5.41, 5.74) is 5.19. The molecule has 0 unspecified atom stereocenters. The summed E-state index contributed by atoms with van der Waals surface area (Å²) in [6.07, 6.45) is 0. The number of hydrogen-bond donors (Lipinski definition) is 0. The van der Waals surface area contributed by atoms with Crippen molar-refractivity contribution in [3.63, 3.8) is 0 Å². The molecule has 0 saturated carbocycles. The van der Waals surface area contributed by atoms with Crippen molar-refractivity contribution in [3.8, 4) is 0 Å². The zero-order valence-electron chi connectivity index (χ0n) is 10.1. The Morgan fingerprint density at radius 3 is 1.88 bits per heavy atom. The highest BCUT2D eigenvalue weighted by Gasteiger charge is 2.06. The summed E-state index contributed by atoms with van der Waals surface area (Å²) in [6, 6.07) is 19.3. The van der Waals surface area contributed by atoms with Crippen molar-refractivity contribution >= 4 is 28.2 Å². The number of rotatable bonds is 2. The van der Waals surface area contributed by atoms with Crippen molar-refractivity contribution in [2.75, 3.05) is 0 Å². The Hall–Kier alpha value is -1.09. The lowest BCUT2D eigenvalue weighted by atomic mass is 9.97. The molecule has 0 N–H and O–H groups in total. The lowest BCUT2D eigenvalue weighted by molar-refractivity contribution is 1.44. The lowest BCUT2D eigenvalue weighted by Gasteiger charge is -2.10. The van der Waals surface area contributed by atoms with Gasteiger partial charge in [-0.2, -0.15) is 0 Å². The van der Waals surface area contributed by atoms with Crippen molar-refractivity contribution in [1.29, 1.82) is 0 Å². The molecule has 0 heterocycles. The zero-order chi connectivity index (χ0) is 12.3. The summed E-state index contributed by atoms with van der Waals surface area (Å²) in [7, 11) is 0. The molecule has 17 heavy (non-hydrogen) atoms. The highest BCUT2D eigenvalue weighted by Crippen LogP contribution is 2.29. The van der Waals surface area contributed by atoms with Crippen LogP contribution < -0.4 is 0 Å². The van der Waals surface area contributed by atoms with Crippen LogP contribution in [0.1, 0.15) is 23.6 Å². The first kappa shape index (κ1) is 12.4. The van der Waals surface area contributed by atoms with E-state index in [0.717, 1.165) is 0 Å². The van der Waals surface area contributed by atoms with Gasteiger partial charge in [-0.15, -0.1) is 0 Å². The minimum absolute atomic E-state index is 1.28. The SMILES string of the molecule is C/C(I)=C(/c1ccccc1)c1ccc(C)cc1. The summed E-state index contributed by atoms with van der Waals surface area (Å²) in [4.78, 5) is 0. The standard InChI is InChI=1S/C16H15I/c1-12-8-10-15(11-9-12)16(13(2)17)14-6-4-3-5-7-14/h3-11H,1-2H3/b16-13+. The second-order valence-corrected chi connectivity index (χ2v) is 5.76. The first-order chi connectivity index (χ1) is 8.18. The van der Waals surface area contributed by atoms with E-state index >= 15 is 0 Å². The average Bonchev–Trinajstić information content (AvgIpc) is 2.33. The van der Waals surface area contributed by atoms with Crippen molar-refractivity contribution in [2.45, 2.75) is 13.8 Å². The Balaban J connectivity index is 2.52. The first-order valence-corrected chi connectivity index (χ1v) is 6.75. The lowest BCUT2D eigenvalue weighted by Crippen LogP contribution is -1.89. The molecule has 0 fully saturated rings. The van der Waals surface area contributed by atoms with Crippen LogP contribution in [0.25, 0.3) is 5.57 Å². The van der Waals surface area contributed by atoms with Crippen molar-refractivity contribution in [1.82, 2.24) is 0 Å². The molecular weight excluding hydrogens is 319 g/mol. The van der Waals surface area contributed by atoms with Crippen molar-refractivity contribution in [3.05, 3.63) is 74.9 Å².